The van der Waals surface area contributed by atoms with Crippen LogP contribution in [0.2, 0.25) is 0 Å². The van der Waals surface area contributed by atoms with E-state index < -0.39 is 35.1 Å². The maximum atomic E-state index is 15.1. The SMILES string of the molecule is C=CCN(C(=O)[C@@H]1[C@H]2C(=O)N([C@@H](CO)C(C)C)C(C(=O)N(CC=C)c3c(C)cccc3C)C23CC[C@@]1(CC)O3)c1ccccc1. The summed E-state index contributed by atoms with van der Waals surface area (Å²) in [5.41, 5.74) is 1.21. The van der Waals surface area contributed by atoms with Gasteiger partial charge < -0.3 is 24.5 Å². The van der Waals surface area contributed by atoms with E-state index in [1.165, 1.54) is 0 Å². The standard InChI is InChI=1S/C37H47N3O5/c1-8-21-38(27-17-12-11-13-18-27)33(42)29-30-34(43)40(28(23-41)24(4)5)32(37(30)20-19-36(29,10-3)45-37)35(44)39(22-9-2)31-25(6)15-14-16-26(31)7/h8-9,11-18,24,28-30,32,41H,1-2,10,19-23H2,3-7H3/t28-,29-,30-,32?,36+,37?/m0/s1. The second-order valence-corrected chi connectivity index (χ2v) is 13.1. The number of aliphatic hydroxyl groups is 1. The average Bonchev–Trinajstić information content (AvgIpc) is 3.63. The lowest BCUT2D eigenvalue weighted by atomic mass is 9.64. The molecule has 0 radical (unpaired) electrons. The summed E-state index contributed by atoms with van der Waals surface area (Å²) in [5.74, 6) is -2.62. The molecule has 8 heteroatoms. The van der Waals surface area contributed by atoms with E-state index in [2.05, 4.69) is 13.2 Å². The molecule has 3 heterocycles. The fourth-order valence-electron chi connectivity index (χ4n) is 8.32. The molecule has 1 spiro atoms. The number of para-hydroxylation sites is 2. The monoisotopic (exact) mass is 613 g/mol. The molecule has 0 aliphatic carbocycles. The van der Waals surface area contributed by atoms with Gasteiger partial charge in [0.05, 0.1) is 30.1 Å². The van der Waals surface area contributed by atoms with E-state index in [1.807, 2.05) is 83.1 Å². The molecule has 2 aromatic carbocycles. The van der Waals surface area contributed by atoms with E-state index in [0.717, 1.165) is 16.8 Å². The molecule has 5 rings (SSSR count). The predicted molar refractivity (Wildman–Crippen MR) is 177 cm³/mol. The summed E-state index contributed by atoms with van der Waals surface area (Å²) < 4.78 is 7.06. The fraction of sp³-hybridized carbons (Fsp3) is 0.486. The van der Waals surface area contributed by atoms with Gasteiger partial charge in [0.2, 0.25) is 11.8 Å². The Morgan fingerprint density at radius 2 is 1.62 bits per heavy atom. The van der Waals surface area contributed by atoms with Crippen molar-refractivity contribution < 1.29 is 24.2 Å². The quantitative estimate of drug-likeness (QED) is 0.332. The fourth-order valence-corrected chi connectivity index (χ4v) is 8.32. The molecule has 0 aromatic heterocycles. The summed E-state index contributed by atoms with van der Waals surface area (Å²) in [6.45, 7) is 17.8. The number of amides is 3. The maximum absolute atomic E-state index is 15.1. The third kappa shape index (κ3) is 5.03. The molecule has 6 atom stereocenters. The number of hydrogen-bond donors (Lipinski definition) is 1. The number of aliphatic hydroxyl groups excluding tert-OH is 1. The van der Waals surface area contributed by atoms with Gasteiger partial charge in [-0.25, -0.2) is 0 Å². The number of nitrogens with zero attached hydrogens (tertiary/aromatic N) is 3. The van der Waals surface area contributed by atoms with Gasteiger partial charge in [0.1, 0.15) is 11.6 Å². The van der Waals surface area contributed by atoms with E-state index in [9.17, 15) is 14.7 Å². The Balaban J connectivity index is 1.69. The van der Waals surface area contributed by atoms with Gasteiger partial charge in [-0.05, 0) is 62.3 Å². The Morgan fingerprint density at radius 1 is 1.00 bits per heavy atom. The number of hydrogen-bond acceptors (Lipinski definition) is 5. The molecule has 3 saturated heterocycles. The summed E-state index contributed by atoms with van der Waals surface area (Å²) in [6.07, 6.45) is 4.90. The molecular weight excluding hydrogens is 566 g/mol. The first-order valence-corrected chi connectivity index (χ1v) is 16.1. The molecule has 8 nitrogen and oxygen atoms in total. The number of fused-ring (bicyclic) bond motifs is 1. The van der Waals surface area contributed by atoms with Crippen LogP contribution in [-0.2, 0) is 19.1 Å². The number of carbonyl (C=O) groups is 3. The summed E-state index contributed by atoms with van der Waals surface area (Å²) >= 11 is 0. The Labute approximate surface area is 267 Å². The highest BCUT2D eigenvalue weighted by Gasteiger charge is 2.79. The predicted octanol–water partition coefficient (Wildman–Crippen LogP) is 5.21. The van der Waals surface area contributed by atoms with Crippen LogP contribution in [0.3, 0.4) is 0 Å². The first kappa shape index (κ1) is 32.6. The Hall–Kier alpha value is -3.75. The number of likely N-dealkylation sites (tertiary alicyclic amines) is 1. The van der Waals surface area contributed by atoms with Crippen molar-refractivity contribution in [2.24, 2.45) is 17.8 Å². The molecule has 3 fully saturated rings. The summed E-state index contributed by atoms with van der Waals surface area (Å²) in [4.78, 5) is 49.7. The molecule has 240 valence electrons. The van der Waals surface area contributed by atoms with Gasteiger partial charge in [-0.1, -0.05) is 69.3 Å². The smallest absolute Gasteiger partial charge is 0.253 e. The van der Waals surface area contributed by atoms with Gasteiger partial charge in [-0.15, -0.1) is 13.2 Å². The van der Waals surface area contributed by atoms with E-state index in [-0.39, 0.29) is 43.3 Å². The Morgan fingerprint density at radius 3 is 2.18 bits per heavy atom. The zero-order chi connectivity index (χ0) is 32.7. The summed E-state index contributed by atoms with van der Waals surface area (Å²) in [6, 6.07) is 13.6. The number of anilines is 2. The summed E-state index contributed by atoms with van der Waals surface area (Å²) in [7, 11) is 0. The second kappa shape index (κ2) is 12.6. The highest BCUT2D eigenvalue weighted by molar-refractivity contribution is 6.07. The van der Waals surface area contributed by atoms with Gasteiger partial charge in [0.25, 0.3) is 5.91 Å². The van der Waals surface area contributed by atoms with Gasteiger partial charge in [-0.3, -0.25) is 14.4 Å². The largest absolute Gasteiger partial charge is 0.394 e. The number of aryl methyl sites for hydroxylation is 2. The highest BCUT2D eigenvalue weighted by Crippen LogP contribution is 2.65. The molecule has 3 aliphatic heterocycles. The van der Waals surface area contributed by atoms with Crippen molar-refractivity contribution in [3.8, 4) is 0 Å². The number of ether oxygens (including phenoxy) is 1. The van der Waals surface area contributed by atoms with E-state index >= 15 is 4.79 Å². The molecule has 2 bridgehead atoms. The van der Waals surface area contributed by atoms with Crippen LogP contribution >= 0.6 is 0 Å². The lowest BCUT2D eigenvalue weighted by Gasteiger charge is -2.41. The summed E-state index contributed by atoms with van der Waals surface area (Å²) in [5, 5.41) is 10.7. The van der Waals surface area contributed by atoms with Gasteiger partial charge in [0, 0.05) is 24.5 Å². The number of benzene rings is 2. The molecule has 3 amide bonds. The lowest BCUT2D eigenvalue weighted by molar-refractivity contribution is -0.150. The highest BCUT2D eigenvalue weighted by atomic mass is 16.5. The van der Waals surface area contributed by atoms with E-state index in [0.29, 0.717) is 24.9 Å². The van der Waals surface area contributed by atoms with Crippen LogP contribution in [0.25, 0.3) is 0 Å². The average molecular weight is 614 g/mol. The minimum absolute atomic E-state index is 0.148. The maximum Gasteiger partial charge on any atom is 0.253 e. The van der Waals surface area contributed by atoms with Crippen molar-refractivity contribution in [2.45, 2.75) is 77.2 Å². The first-order valence-electron chi connectivity index (χ1n) is 16.1. The van der Waals surface area contributed by atoms with Crippen LogP contribution in [-0.4, -0.2) is 70.7 Å². The second-order valence-electron chi connectivity index (χ2n) is 13.1. The van der Waals surface area contributed by atoms with Crippen molar-refractivity contribution in [1.29, 1.82) is 0 Å². The van der Waals surface area contributed by atoms with Crippen molar-refractivity contribution in [3.63, 3.8) is 0 Å². The van der Waals surface area contributed by atoms with Gasteiger partial charge in [0.15, 0.2) is 0 Å². The normalized spacial score (nSPS) is 27.4. The molecule has 0 saturated carbocycles. The topological polar surface area (TPSA) is 90.4 Å². The van der Waals surface area contributed by atoms with Crippen LogP contribution in [0.1, 0.15) is 51.2 Å². The van der Waals surface area contributed by atoms with Crippen molar-refractivity contribution >= 4 is 29.1 Å². The molecule has 45 heavy (non-hydrogen) atoms. The van der Waals surface area contributed by atoms with Gasteiger partial charge in [-0.2, -0.15) is 0 Å². The third-order valence-electron chi connectivity index (χ3n) is 10.4. The van der Waals surface area contributed by atoms with Crippen LogP contribution < -0.4 is 9.80 Å². The zero-order valence-electron chi connectivity index (χ0n) is 27.2. The molecule has 2 aromatic rings. The minimum Gasteiger partial charge on any atom is -0.394 e. The number of carbonyl (C=O) groups excluding carboxylic acids is 3. The third-order valence-corrected chi connectivity index (χ3v) is 10.4. The zero-order valence-corrected chi connectivity index (χ0v) is 27.2. The molecular formula is C37H47N3O5. The Bertz CT molecular complexity index is 1450. The molecule has 1 N–H and O–H groups in total. The van der Waals surface area contributed by atoms with Crippen molar-refractivity contribution in [2.75, 3.05) is 29.5 Å². The number of rotatable bonds is 12. The Kier molecular flexibility index (Phi) is 9.11. The van der Waals surface area contributed by atoms with Crippen LogP contribution in [0.4, 0.5) is 11.4 Å². The van der Waals surface area contributed by atoms with E-state index in [1.54, 1.807) is 26.9 Å². The molecule has 2 unspecified atom stereocenters. The van der Waals surface area contributed by atoms with E-state index in [4.69, 9.17) is 4.74 Å². The van der Waals surface area contributed by atoms with Crippen molar-refractivity contribution in [1.82, 2.24) is 4.90 Å². The van der Waals surface area contributed by atoms with Gasteiger partial charge >= 0.3 is 0 Å². The molecule has 3 aliphatic rings. The van der Waals surface area contributed by atoms with Crippen molar-refractivity contribution in [3.05, 3.63) is 85.0 Å². The van der Waals surface area contributed by atoms with Crippen LogP contribution in [0.15, 0.2) is 73.8 Å². The van der Waals surface area contributed by atoms with Crippen LogP contribution in [0, 0.1) is 31.6 Å². The first-order chi connectivity index (χ1) is 21.5. The van der Waals surface area contributed by atoms with Crippen LogP contribution in [0.5, 0.6) is 0 Å². The minimum atomic E-state index is -1.22. The lowest BCUT2D eigenvalue weighted by Crippen LogP contribution is -2.60.